The summed E-state index contributed by atoms with van der Waals surface area (Å²) < 4.78 is 51.8. The second-order valence-corrected chi connectivity index (χ2v) is 18.8. The van der Waals surface area contributed by atoms with Crippen LogP contribution in [0.5, 0.6) is 0 Å². The molecule has 0 unspecified atom stereocenters. The number of halogens is 5. The van der Waals surface area contributed by atoms with Gasteiger partial charge in [-0.25, -0.2) is 19.0 Å². The van der Waals surface area contributed by atoms with E-state index in [1.807, 2.05) is 51.1 Å². The third-order valence-electron chi connectivity index (χ3n) is 9.43. The Balaban J connectivity index is 0.000000183. The van der Waals surface area contributed by atoms with Gasteiger partial charge in [0.2, 0.25) is 0 Å². The van der Waals surface area contributed by atoms with Gasteiger partial charge in [0.25, 0.3) is 11.8 Å². The number of carboxylic acids is 1. The number of likely N-dealkylation sites (tertiary alicyclic amines) is 1. The van der Waals surface area contributed by atoms with Gasteiger partial charge in [0, 0.05) is 59.2 Å². The number of carbonyl (C=O) groups excluding carboxylic acids is 3. The molecule has 2 aliphatic rings. The Labute approximate surface area is 371 Å². The molecule has 1 amide bonds. The Morgan fingerprint density at radius 1 is 0.774 bits per heavy atom. The predicted octanol–water partition coefficient (Wildman–Crippen LogP) is 8.98. The van der Waals surface area contributed by atoms with E-state index in [2.05, 4.69) is 21.6 Å². The maximum absolute atomic E-state index is 13.0. The summed E-state index contributed by atoms with van der Waals surface area (Å²) in [5.74, 6) is -2.68. The second kappa shape index (κ2) is 19.9. The van der Waals surface area contributed by atoms with Crippen LogP contribution in [-0.2, 0) is 35.2 Å². The Morgan fingerprint density at radius 2 is 1.23 bits per heavy atom. The molecule has 14 nitrogen and oxygen atoms in total. The number of aliphatic carboxylic acids is 1. The van der Waals surface area contributed by atoms with Crippen molar-refractivity contribution >= 4 is 69.8 Å². The van der Waals surface area contributed by atoms with Crippen molar-refractivity contribution in [2.75, 3.05) is 26.2 Å². The average Bonchev–Trinajstić information content (AvgIpc) is 4.01. The van der Waals surface area contributed by atoms with Crippen LogP contribution in [0.2, 0.25) is 8.67 Å². The number of aromatic nitrogens is 4. The molecule has 2 fully saturated rings. The zero-order chi connectivity index (χ0) is 44.8. The van der Waals surface area contributed by atoms with Crippen LogP contribution in [0.15, 0.2) is 82.4 Å². The SMILES string of the molecule is CC(C)(C)OC(=O)N1CC(c2cc(CCc3ccc(Cl)s3)n(C(=O)c3ccoc3)n2)C1.O=C(O)C(F)(F)F.O=C(c1ccoc1)n1nc(C2CNC2)cc1CCc1ccc(Cl)s1. The van der Waals surface area contributed by atoms with Crippen molar-refractivity contribution in [2.24, 2.45) is 0 Å². The summed E-state index contributed by atoms with van der Waals surface area (Å²) in [7, 11) is 0. The smallest absolute Gasteiger partial charge is 0.475 e. The van der Waals surface area contributed by atoms with Gasteiger partial charge >= 0.3 is 18.2 Å². The third kappa shape index (κ3) is 12.2. The van der Waals surface area contributed by atoms with Crippen molar-refractivity contribution in [1.29, 1.82) is 0 Å². The van der Waals surface area contributed by atoms with Gasteiger partial charge in [-0.1, -0.05) is 23.2 Å². The molecule has 2 N–H and O–H groups in total. The van der Waals surface area contributed by atoms with Gasteiger partial charge in [0.05, 0.1) is 43.7 Å². The Hall–Kier alpha value is -5.21. The van der Waals surface area contributed by atoms with Gasteiger partial charge in [-0.2, -0.15) is 23.4 Å². The highest BCUT2D eigenvalue weighted by Crippen LogP contribution is 2.30. The fourth-order valence-corrected chi connectivity index (χ4v) is 8.29. The van der Waals surface area contributed by atoms with Crippen LogP contribution in [0.3, 0.4) is 0 Å². The molecule has 0 bridgehead atoms. The first-order valence-corrected chi connectivity index (χ1v) is 21.5. The molecule has 21 heteroatoms. The molecular formula is C41H41Cl2F3N6O8S2. The summed E-state index contributed by atoms with van der Waals surface area (Å²) in [5, 5.41) is 19.5. The van der Waals surface area contributed by atoms with Crippen molar-refractivity contribution < 1.29 is 51.0 Å². The maximum Gasteiger partial charge on any atom is 0.490 e. The predicted molar refractivity (Wildman–Crippen MR) is 225 cm³/mol. The molecular weight excluding hydrogens is 897 g/mol. The van der Waals surface area contributed by atoms with Crippen molar-refractivity contribution in [2.45, 2.75) is 70.1 Å². The lowest BCUT2D eigenvalue weighted by atomic mass is 9.96. The number of carboxylic acid groups (broad SMARTS) is 1. The minimum absolute atomic E-state index is 0.0702. The van der Waals surface area contributed by atoms with Crippen molar-refractivity contribution in [3.05, 3.63) is 126 Å². The van der Waals surface area contributed by atoms with Gasteiger partial charge in [-0.05, 0) is 95.0 Å². The van der Waals surface area contributed by atoms with Crippen LogP contribution < -0.4 is 5.32 Å². The van der Waals surface area contributed by atoms with E-state index in [0.717, 1.165) is 68.7 Å². The summed E-state index contributed by atoms with van der Waals surface area (Å²) >= 11 is 15.1. The number of hydrogen-bond acceptors (Lipinski definition) is 12. The second-order valence-electron chi connectivity index (χ2n) is 15.2. The molecule has 2 saturated heterocycles. The van der Waals surface area contributed by atoms with E-state index in [0.29, 0.717) is 36.6 Å². The first kappa shape index (κ1) is 46.3. The highest BCUT2D eigenvalue weighted by atomic mass is 35.5. The number of ether oxygens (including phenoxy) is 1. The Morgan fingerprint density at radius 3 is 1.56 bits per heavy atom. The number of nitrogens with zero attached hydrogens (tertiary/aromatic N) is 5. The van der Waals surface area contributed by atoms with Gasteiger partial charge in [0.15, 0.2) is 0 Å². The molecule has 330 valence electrons. The van der Waals surface area contributed by atoms with Crippen molar-refractivity contribution in [3.8, 4) is 0 Å². The first-order valence-electron chi connectivity index (χ1n) is 19.1. The highest BCUT2D eigenvalue weighted by molar-refractivity contribution is 7.16. The van der Waals surface area contributed by atoms with E-state index in [1.54, 1.807) is 28.4 Å². The van der Waals surface area contributed by atoms with Crippen LogP contribution in [0.25, 0.3) is 0 Å². The summed E-state index contributed by atoms with van der Waals surface area (Å²) in [6.07, 6.45) is 3.42. The summed E-state index contributed by atoms with van der Waals surface area (Å²) in [4.78, 5) is 50.8. The zero-order valence-electron chi connectivity index (χ0n) is 33.5. The van der Waals surface area contributed by atoms with Gasteiger partial charge in [0.1, 0.15) is 18.1 Å². The number of aryl methyl sites for hydroxylation is 4. The van der Waals surface area contributed by atoms with Crippen LogP contribution in [0, 0.1) is 0 Å². The van der Waals surface area contributed by atoms with E-state index in [4.69, 9.17) is 46.7 Å². The van der Waals surface area contributed by atoms with E-state index in [-0.39, 0.29) is 23.8 Å². The summed E-state index contributed by atoms with van der Waals surface area (Å²) in [5.41, 5.74) is 3.95. The number of alkyl halides is 3. The maximum atomic E-state index is 13.0. The molecule has 0 radical (unpaired) electrons. The molecule has 0 spiro atoms. The molecule has 0 atom stereocenters. The Kier molecular flexibility index (Phi) is 14.8. The zero-order valence-corrected chi connectivity index (χ0v) is 36.6. The van der Waals surface area contributed by atoms with E-state index < -0.39 is 17.7 Å². The first-order chi connectivity index (χ1) is 29.3. The van der Waals surface area contributed by atoms with Crippen LogP contribution in [0.4, 0.5) is 18.0 Å². The minimum atomic E-state index is -5.08. The standard InChI is InChI=1S/C22H24ClN3O4S.C17H16ClN3O2S.C2HF3O2/c1-22(2,3)30-21(28)25-11-15(12-25)18-10-16(4-5-17-6-7-19(23)31-17)26(24-18)20(27)14-8-9-29-13-14;18-16-4-3-14(24-16)2-1-13-7-15(12-8-19-9-12)20-21(13)17(22)11-5-6-23-10-11;3-2(4,5)1(6)7/h6-10,13,15H,4-5,11-12H2,1-3H3;3-7,10,12,19H,1-2,8-9H2;(H,6,7). The highest BCUT2D eigenvalue weighted by Gasteiger charge is 2.38. The lowest BCUT2D eigenvalue weighted by Crippen LogP contribution is -2.50. The molecule has 8 rings (SSSR count). The van der Waals surface area contributed by atoms with Crippen LogP contribution in [0.1, 0.15) is 85.9 Å². The molecule has 6 aromatic heterocycles. The van der Waals surface area contributed by atoms with Gasteiger partial charge < -0.3 is 28.9 Å². The molecule has 0 saturated carbocycles. The van der Waals surface area contributed by atoms with E-state index in [1.165, 1.54) is 50.6 Å². The molecule has 0 aromatic carbocycles. The van der Waals surface area contributed by atoms with Gasteiger partial charge in [-0.3, -0.25) is 9.59 Å². The molecule has 6 aromatic rings. The topological polar surface area (TPSA) is 175 Å². The lowest BCUT2D eigenvalue weighted by Gasteiger charge is -2.38. The number of rotatable bonds is 10. The van der Waals surface area contributed by atoms with Gasteiger partial charge in [-0.15, -0.1) is 22.7 Å². The molecule has 8 heterocycles. The fraction of sp³-hybridized carbons (Fsp3) is 0.366. The summed E-state index contributed by atoms with van der Waals surface area (Å²) in [6, 6.07) is 15.1. The van der Waals surface area contributed by atoms with Crippen molar-refractivity contribution in [3.63, 3.8) is 0 Å². The largest absolute Gasteiger partial charge is 0.490 e. The number of hydrogen-bond donors (Lipinski definition) is 2. The van der Waals surface area contributed by atoms with Crippen LogP contribution >= 0.6 is 45.9 Å². The quantitative estimate of drug-likeness (QED) is 0.134. The summed E-state index contributed by atoms with van der Waals surface area (Å²) in [6.45, 7) is 8.40. The molecule has 62 heavy (non-hydrogen) atoms. The number of amides is 1. The number of thiophene rings is 2. The Bertz CT molecular complexity index is 2460. The normalized spacial score (nSPS) is 14.2. The monoisotopic (exact) mass is 936 g/mol. The van der Waals surface area contributed by atoms with E-state index >= 15 is 0 Å². The van der Waals surface area contributed by atoms with E-state index in [9.17, 15) is 27.6 Å². The number of furan rings is 2. The van der Waals surface area contributed by atoms with Crippen LogP contribution in [-0.4, -0.2) is 91.4 Å². The lowest BCUT2D eigenvalue weighted by molar-refractivity contribution is -0.192. The average molecular weight is 938 g/mol. The minimum Gasteiger partial charge on any atom is -0.475 e. The van der Waals surface area contributed by atoms with Crippen molar-refractivity contribution in [1.82, 2.24) is 29.8 Å². The third-order valence-corrected chi connectivity index (χ3v) is 12.0. The number of nitrogens with one attached hydrogen (secondary N) is 1. The fourth-order valence-electron chi connectivity index (χ4n) is 6.12. The molecule has 0 aliphatic carbocycles. The number of carbonyl (C=O) groups is 4. The molecule has 2 aliphatic heterocycles.